The molecule has 0 aliphatic carbocycles. The Bertz CT molecular complexity index is 461. The van der Waals surface area contributed by atoms with Gasteiger partial charge in [0.15, 0.2) is 5.78 Å². The summed E-state index contributed by atoms with van der Waals surface area (Å²) in [6.07, 6.45) is 0. The van der Waals surface area contributed by atoms with E-state index in [0.717, 1.165) is 17.2 Å². The molecule has 0 N–H and O–H groups in total. The number of non-ortho nitro benzene ring substituents is 1. The van der Waals surface area contributed by atoms with Gasteiger partial charge in [-0.25, -0.2) is 0 Å². The molecular weight excluding hydrogens is 252 g/mol. The van der Waals surface area contributed by atoms with Crippen LogP contribution in [-0.2, 0) is 0 Å². The van der Waals surface area contributed by atoms with Gasteiger partial charge in [-0.15, -0.1) is 11.8 Å². The van der Waals surface area contributed by atoms with Crippen molar-refractivity contribution in [3.8, 4) is 0 Å². The molecule has 0 heterocycles. The first kappa shape index (κ1) is 14.7. The minimum absolute atomic E-state index is 0.0443. The Hall–Kier alpha value is -1.40. The van der Waals surface area contributed by atoms with Crippen molar-refractivity contribution < 1.29 is 9.72 Å². The minimum atomic E-state index is -0.485. The molecule has 0 saturated carbocycles. The summed E-state index contributed by atoms with van der Waals surface area (Å²) >= 11 is 1.54. The zero-order chi connectivity index (χ0) is 13.7. The molecule has 6 heteroatoms. The zero-order valence-electron chi connectivity index (χ0n) is 10.7. The molecule has 0 aliphatic heterocycles. The standard InChI is InChI=1S/C12H16N2O3S/c1-9(15)11-8-10(14(16)17)4-5-12(11)18-7-6-13(2)3/h4-5,8H,6-7H2,1-3H3. The second kappa shape index (κ2) is 6.51. The van der Waals surface area contributed by atoms with Gasteiger partial charge < -0.3 is 4.90 Å². The van der Waals surface area contributed by atoms with Gasteiger partial charge >= 0.3 is 0 Å². The van der Waals surface area contributed by atoms with Crippen molar-refractivity contribution >= 4 is 23.2 Å². The SMILES string of the molecule is CC(=O)c1cc([N+](=O)[O-])ccc1SCCN(C)C. The fraction of sp³-hybridized carbons (Fsp3) is 0.417. The number of carbonyl (C=O) groups is 1. The largest absolute Gasteiger partial charge is 0.309 e. The van der Waals surface area contributed by atoms with Crippen LogP contribution >= 0.6 is 11.8 Å². The highest BCUT2D eigenvalue weighted by Gasteiger charge is 2.14. The van der Waals surface area contributed by atoms with Crippen molar-refractivity contribution in [1.29, 1.82) is 0 Å². The van der Waals surface area contributed by atoms with Crippen LogP contribution < -0.4 is 0 Å². The molecule has 0 fully saturated rings. The van der Waals surface area contributed by atoms with E-state index in [1.807, 2.05) is 19.0 Å². The second-order valence-electron chi connectivity index (χ2n) is 4.15. The summed E-state index contributed by atoms with van der Waals surface area (Å²) in [7, 11) is 3.95. The smallest absolute Gasteiger partial charge is 0.270 e. The van der Waals surface area contributed by atoms with Crippen molar-refractivity contribution in [2.24, 2.45) is 0 Å². The van der Waals surface area contributed by atoms with Crippen LogP contribution in [0, 0.1) is 10.1 Å². The van der Waals surface area contributed by atoms with Gasteiger partial charge in [-0.2, -0.15) is 0 Å². The van der Waals surface area contributed by atoms with Crippen LogP contribution in [0.15, 0.2) is 23.1 Å². The number of hydrogen-bond acceptors (Lipinski definition) is 5. The van der Waals surface area contributed by atoms with Crippen molar-refractivity contribution in [3.05, 3.63) is 33.9 Å². The molecule has 0 bridgehead atoms. The molecule has 0 unspecified atom stereocenters. The predicted molar refractivity (Wildman–Crippen MR) is 72.4 cm³/mol. The van der Waals surface area contributed by atoms with Crippen LogP contribution in [0.3, 0.4) is 0 Å². The summed E-state index contributed by atoms with van der Waals surface area (Å²) in [5, 5.41) is 10.7. The van der Waals surface area contributed by atoms with Gasteiger partial charge in [0.25, 0.3) is 5.69 Å². The number of Topliss-reactive ketones (excluding diaryl/α,β-unsaturated/α-hetero) is 1. The molecule has 0 aromatic heterocycles. The third-order valence-electron chi connectivity index (χ3n) is 2.35. The molecule has 98 valence electrons. The van der Waals surface area contributed by atoms with E-state index in [1.165, 1.54) is 30.8 Å². The minimum Gasteiger partial charge on any atom is -0.309 e. The summed E-state index contributed by atoms with van der Waals surface area (Å²) in [6, 6.07) is 4.43. The van der Waals surface area contributed by atoms with E-state index < -0.39 is 4.92 Å². The average molecular weight is 268 g/mol. The molecule has 0 radical (unpaired) electrons. The number of carbonyl (C=O) groups excluding carboxylic acids is 1. The number of nitrogens with zero attached hydrogens (tertiary/aromatic N) is 2. The van der Waals surface area contributed by atoms with Gasteiger partial charge in [-0.05, 0) is 27.1 Å². The summed E-state index contributed by atoms with van der Waals surface area (Å²) in [6.45, 7) is 2.31. The van der Waals surface area contributed by atoms with Gasteiger partial charge in [0, 0.05) is 34.9 Å². The van der Waals surface area contributed by atoms with Crippen molar-refractivity contribution in [1.82, 2.24) is 4.90 Å². The summed E-state index contributed by atoms with van der Waals surface area (Å²) in [5.74, 6) is 0.691. The zero-order valence-corrected chi connectivity index (χ0v) is 11.5. The first-order chi connectivity index (χ1) is 8.41. The van der Waals surface area contributed by atoms with Crippen LogP contribution in [0.2, 0.25) is 0 Å². The Morgan fingerprint density at radius 1 is 1.44 bits per heavy atom. The maximum Gasteiger partial charge on any atom is 0.270 e. The molecule has 18 heavy (non-hydrogen) atoms. The van der Waals surface area contributed by atoms with Crippen LogP contribution in [0.5, 0.6) is 0 Å². The van der Waals surface area contributed by atoms with E-state index in [4.69, 9.17) is 0 Å². The van der Waals surface area contributed by atoms with Crippen LogP contribution in [0.1, 0.15) is 17.3 Å². The van der Waals surface area contributed by atoms with Gasteiger partial charge in [0.2, 0.25) is 0 Å². The van der Waals surface area contributed by atoms with Crippen molar-refractivity contribution in [2.75, 3.05) is 26.4 Å². The first-order valence-corrected chi connectivity index (χ1v) is 6.47. The molecule has 1 rings (SSSR count). The highest BCUT2D eigenvalue weighted by molar-refractivity contribution is 7.99. The number of benzene rings is 1. The molecule has 1 aromatic carbocycles. The highest BCUT2D eigenvalue weighted by atomic mass is 32.2. The first-order valence-electron chi connectivity index (χ1n) is 5.48. The third-order valence-corrected chi connectivity index (χ3v) is 3.40. The van der Waals surface area contributed by atoms with Crippen LogP contribution in [0.25, 0.3) is 0 Å². The maximum atomic E-state index is 11.5. The lowest BCUT2D eigenvalue weighted by molar-refractivity contribution is -0.384. The van der Waals surface area contributed by atoms with Crippen molar-refractivity contribution in [3.63, 3.8) is 0 Å². The van der Waals surface area contributed by atoms with Gasteiger partial charge in [-0.1, -0.05) is 0 Å². The normalized spacial score (nSPS) is 10.7. The molecule has 0 saturated heterocycles. The van der Waals surface area contributed by atoms with Gasteiger partial charge in [0.1, 0.15) is 0 Å². The van der Waals surface area contributed by atoms with E-state index in [9.17, 15) is 14.9 Å². The van der Waals surface area contributed by atoms with Crippen LogP contribution in [-0.4, -0.2) is 42.0 Å². The number of hydrogen-bond donors (Lipinski definition) is 0. The number of nitro benzene ring substituents is 1. The van der Waals surface area contributed by atoms with E-state index in [1.54, 1.807) is 6.07 Å². The van der Waals surface area contributed by atoms with Gasteiger partial charge in [-0.3, -0.25) is 14.9 Å². The molecule has 1 aromatic rings. The summed E-state index contributed by atoms with van der Waals surface area (Å²) in [4.78, 5) is 24.5. The fourth-order valence-corrected chi connectivity index (χ4v) is 2.57. The van der Waals surface area contributed by atoms with Gasteiger partial charge in [0.05, 0.1) is 4.92 Å². The summed E-state index contributed by atoms with van der Waals surface area (Å²) < 4.78 is 0. The Kier molecular flexibility index (Phi) is 5.30. The molecular formula is C12H16N2O3S. The Labute approximate surface area is 110 Å². The number of ketones is 1. The molecule has 0 aliphatic rings. The number of thioether (sulfide) groups is 1. The van der Waals surface area contributed by atoms with E-state index in [0.29, 0.717) is 5.56 Å². The highest BCUT2D eigenvalue weighted by Crippen LogP contribution is 2.27. The molecule has 0 amide bonds. The summed E-state index contributed by atoms with van der Waals surface area (Å²) in [5.41, 5.74) is 0.380. The average Bonchev–Trinajstić information content (AvgIpc) is 2.28. The van der Waals surface area contributed by atoms with E-state index >= 15 is 0 Å². The predicted octanol–water partition coefficient (Wildman–Crippen LogP) is 2.45. The molecule has 0 atom stereocenters. The topological polar surface area (TPSA) is 63.4 Å². The second-order valence-corrected chi connectivity index (χ2v) is 5.28. The lowest BCUT2D eigenvalue weighted by Gasteiger charge is -2.10. The fourth-order valence-electron chi connectivity index (χ4n) is 1.37. The maximum absolute atomic E-state index is 11.5. The Balaban J connectivity index is 2.90. The number of nitro groups is 1. The van der Waals surface area contributed by atoms with E-state index in [-0.39, 0.29) is 11.5 Å². The third kappa shape index (κ3) is 4.12. The lowest BCUT2D eigenvalue weighted by atomic mass is 10.1. The van der Waals surface area contributed by atoms with E-state index in [2.05, 4.69) is 0 Å². The lowest BCUT2D eigenvalue weighted by Crippen LogP contribution is -2.14. The molecule has 0 spiro atoms. The Morgan fingerprint density at radius 2 is 2.11 bits per heavy atom. The Morgan fingerprint density at radius 3 is 2.61 bits per heavy atom. The van der Waals surface area contributed by atoms with Crippen molar-refractivity contribution in [2.45, 2.75) is 11.8 Å². The quantitative estimate of drug-likeness (QED) is 0.343. The molecule has 5 nitrogen and oxygen atoms in total. The number of rotatable bonds is 6. The monoisotopic (exact) mass is 268 g/mol. The van der Waals surface area contributed by atoms with Crippen LogP contribution in [0.4, 0.5) is 5.69 Å².